The van der Waals surface area contributed by atoms with Crippen molar-refractivity contribution in [3.8, 4) is 0 Å². The number of nitrogens with zero attached hydrogens (tertiary/aromatic N) is 2. The fourth-order valence-corrected chi connectivity index (χ4v) is 2.39. The molecule has 1 N–H and O–H groups in total. The Hall–Kier alpha value is -2.37. The van der Waals surface area contributed by atoms with E-state index in [1.54, 1.807) is 24.7 Å². The number of furan rings is 1. The molecule has 1 atom stereocenters. The molecule has 114 valence electrons. The molecule has 0 unspecified atom stereocenters. The molecule has 0 spiro atoms. The van der Waals surface area contributed by atoms with Gasteiger partial charge >= 0.3 is 0 Å². The van der Waals surface area contributed by atoms with Crippen molar-refractivity contribution in [1.82, 2.24) is 10.1 Å². The van der Waals surface area contributed by atoms with Crippen LogP contribution in [0.5, 0.6) is 0 Å². The van der Waals surface area contributed by atoms with E-state index in [0.717, 1.165) is 5.69 Å². The minimum absolute atomic E-state index is 0.454. The van der Waals surface area contributed by atoms with Crippen LogP contribution in [-0.2, 0) is 13.1 Å². The van der Waals surface area contributed by atoms with Crippen molar-refractivity contribution in [2.45, 2.75) is 19.2 Å². The largest absolute Gasteiger partial charge is 0.467 e. The second kappa shape index (κ2) is 7.06. The van der Waals surface area contributed by atoms with Gasteiger partial charge in [0, 0.05) is 25.7 Å². The van der Waals surface area contributed by atoms with Crippen LogP contribution in [0.2, 0.25) is 0 Å². The SMILES string of the molecule is O[C@H](CN(Cc1ccccc1)Cc1ccon1)c1ccco1. The molecule has 0 fully saturated rings. The summed E-state index contributed by atoms with van der Waals surface area (Å²) in [6.07, 6.45) is 2.45. The summed E-state index contributed by atoms with van der Waals surface area (Å²) in [6.45, 7) is 1.77. The normalized spacial score (nSPS) is 12.6. The Morgan fingerprint density at radius 1 is 1.00 bits per heavy atom. The van der Waals surface area contributed by atoms with Crippen LogP contribution in [0.25, 0.3) is 0 Å². The van der Waals surface area contributed by atoms with Gasteiger partial charge in [-0.05, 0) is 17.7 Å². The van der Waals surface area contributed by atoms with E-state index in [-0.39, 0.29) is 0 Å². The third-order valence-electron chi connectivity index (χ3n) is 3.43. The molecule has 0 saturated heterocycles. The number of hydrogen-bond acceptors (Lipinski definition) is 5. The summed E-state index contributed by atoms with van der Waals surface area (Å²) < 4.78 is 10.2. The number of aliphatic hydroxyl groups excluding tert-OH is 1. The lowest BCUT2D eigenvalue weighted by Crippen LogP contribution is -2.28. The van der Waals surface area contributed by atoms with Gasteiger partial charge in [-0.25, -0.2) is 0 Å². The Labute approximate surface area is 128 Å². The number of aromatic nitrogens is 1. The molecule has 0 saturated carbocycles. The second-order valence-electron chi connectivity index (χ2n) is 5.18. The molecule has 0 aliphatic carbocycles. The average molecular weight is 298 g/mol. The highest BCUT2D eigenvalue weighted by Gasteiger charge is 2.17. The van der Waals surface area contributed by atoms with Gasteiger partial charge in [0.1, 0.15) is 18.1 Å². The first-order valence-electron chi connectivity index (χ1n) is 7.18. The van der Waals surface area contributed by atoms with Crippen molar-refractivity contribution in [2.24, 2.45) is 0 Å². The smallest absolute Gasteiger partial charge is 0.133 e. The fraction of sp³-hybridized carbons (Fsp3) is 0.235. The first kappa shape index (κ1) is 14.6. The molecule has 3 rings (SSSR count). The lowest BCUT2D eigenvalue weighted by atomic mass is 10.2. The summed E-state index contributed by atoms with van der Waals surface area (Å²) in [5, 5.41) is 14.3. The summed E-state index contributed by atoms with van der Waals surface area (Å²) in [5.41, 5.74) is 2.01. The van der Waals surface area contributed by atoms with Gasteiger partial charge in [0.05, 0.1) is 12.0 Å². The maximum atomic E-state index is 10.3. The van der Waals surface area contributed by atoms with Crippen LogP contribution in [0.1, 0.15) is 23.1 Å². The Kier molecular flexibility index (Phi) is 4.68. The lowest BCUT2D eigenvalue weighted by Gasteiger charge is -2.23. The number of benzene rings is 1. The first-order valence-corrected chi connectivity index (χ1v) is 7.18. The van der Waals surface area contributed by atoms with Crippen molar-refractivity contribution < 1.29 is 14.0 Å². The van der Waals surface area contributed by atoms with E-state index in [0.29, 0.717) is 25.4 Å². The molecule has 0 amide bonds. The van der Waals surface area contributed by atoms with Crippen LogP contribution in [-0.4, -0.2) is 21.7 Å². The predicted molar refractivity (Wildman–Crippen MR) is 80.7 cm³/mol. The van der Waals surface area contributed by atoms with Crippen molar-refractivity contribution in [3.05, 3.63) is 78.1 Å². The maximum Gasteiger partial charge on any atom is 0.133 e. The zero-order valence-corrected chi connectivity index (χ0v) is 12.1. The van der Waals surface area contributed by atoms with Gasteiger partial charge in [-0.3, -0.25) is 4.90 Å². The average Bonchev–Trinajstić information content (AvgIpc) is 3.21. The van der Waals surface area contributed by atoms with Gasteiger partial charge < -0.3 is 14.0 Å². The van der Waals surface area contributed by atoms with Crippen LogP contribution < -0.4 is 0 Å². The molecule has 0 bridgehead atoms. The Bertz CT molecular complexity index is 651. The highest BCUT2D eigenvalue weighted by Crippen LogP contribution is 2.17. The van der Waals surface area contributed by atoms with Gasteiger partial charge in [0.15, 0.2) is 0 Å². The Morgan fingerprint density at radius 2 is 1.86 bits per heavy atom. The van der Waals surface area contributed by atoms with E-state index in [1.807, 2.05) is 24.3 Å². The van der Waals surface area contributed by atoms with E-state index in [4.69, 9.17) is 8.94 Å². The van der Waals surface area contributed by atoms with Gasteiger partial charge in [-0.1, -0.05) is 35.5 Å². The number of aliphatic hydroxyl groups is 1. The molecular weight excluding hydrogens is 280 g/mol. The van der Waals surface area contributed by atoms with Crippen molar-refractivity contribution in [1.29, 1.82) is 0 Å². The van der Waals surface area contributed by atoms with E-state index in [2.05, 4.69) is 22.2 Å². The first-order chi connectivity index (χ1) is 10.8. The van der Waals surface area contributed by atoms with E-state index >= 15 is 0 Å². The lowest BCUT2D eigenvalue weighted by molar-refractivity contribution is 0.0861. The maximum absolute atomic E-state index is 10.3. The Morgan fingerprint density at radius 3 is 2.55 bits per heavy atom. The fourth-order valence-electron chi connectivity index (χ4n) is 2.39. The van der Waals surface area contributed by atoms with Gasteiger partial charge in [0.25, 0.3) is 0 Å². The van der Waals surface area contributed by atoms with Crippen LogP contribution in [0, 0.1) is 0 Å². The second-order valence-corrected chi connectivity index (χ2v) is 5.18. The molecule has 0 aliphatic rings. The standard InChI is InChI=1S/C17H18N2O3/c20-16(17-7-4-9-21-17)13-19(12-15-8-10-22-18-15)11-14-5-2-1-3-6-14/h1-10,16,20H,11-13H2/t16-/m1/s1. The molecule has 3 aromatic rings. The molecule has 0 aliphatic heterocycles. The summed E-state index contributed by atoms with van der Waals surface area (Å²) >= 11 is 0. The molecule has 5 heteroatoms. The highest BCUT2D eigenvalue weighted by molar-refractivity contribution is 5.15. The minimum atomic E-state index is -0.675. The van der Waals surface area contributed by atoms with Gasteiger partial charge in [-0.15, -0.1) is 0 Å². The van der Waals surface area contributed by atoms with Gasteiger partial charge in [0.2, 0.25) is 0 Å². The monoisotopic (exact) mass is 298 g/mol. The minimum Gasteiger partial charge on any atom is -0.467 e. The van der Waals surface area contributed by atoms with Crippen molar-refractivity contribution in [3.63, 3.8) is 0 Å². The summed E-state index contributed by atoms with van der Waals surface area (Å²) in [4.78, 5) is 2.11. The van der Waals surface area contributed by atoms with E-state index in [9.17, 15) is 5.11 Å². The predicted octanol–water partition coefficient (Wildman–Crippen LogP) is 3.00. The highest BCUT2D eigenvalue weighted by atomic mass is 16.5. The molecule has 22 heavy (non-hydrogen) atoms. The molecule has 0 radical (unpaired) electrons. The molecular formula is C17H18N2O3. The van der Waals surface area contributed by atoms with E-state index in [1.165, 1.54) is 5.56 Å². The van der Waals surface area contributed by atoms with Gasteiger partial charge in [-0.2, -0.15) is 0 Å². The molecule has 1 aromatic carbocycles. The zero-order chi connectivity index (χ0) is 15.2. The third-order valence-corrected chi connectivity index (χ3v) is 3.43. The molecule has 2 aromatic heterocycles. The number of hydrogen-bond donors (Lipinski definition) is 1. The summed E-state index contributed by atoms with van der Waals surface area (Å²) in [5.74, 6) is 0.568. The van der Waals surface area contributed by atoms with Crippen LogP contribution >= 0.6 is 0 Å². The summed E-state index contributed by atoms with van der Waals surface area (Å²) in [6, 6.07) is 15.5. The van der Waals surface area contributed by atoms with Crippen LogP contribution in [0.3, 0.4) is 0 Å². The summed E-state index contributed by atoms with van der Waals surface area (Å²) in [7, 11) is 0. The van der Waals surface area contributed by atoms with E-state index < -0.39 is 6.10 Å². The van der Waals surface area contributed by atoms with Crippen molar-refractivity contribution >= 4 is 0 Å². The Balaban J connectivity index is 1.70. The third kappa shape index (κ3) is 3.84. The van der Waals surface area contributed by atoms with Crippen molar-refractivity contribution in [2.75, 3.05) is 6.54 Å². The van der Waals surface area contributed by atoms with Crippen LogP contribution in [0.4, 0.5) is 0 Å². The molecule has 5 nitrogen and oxygen atoms in total. The molecule has 2 heterocycles. The zero-order valence-electron chi connectivity index (χ0n) is 12.1. The quantitative estimate of drug-likeness (QED) is 0.726. The topological polar surface area (TPSA) is 62.6 Å². The number of rotatable bonds is 7. The van der Waals surface area contributed by atoms with Crippen LogP contribution in [0.15, 0.2) is 70.0 Å².